The number of guanidine groups is 1. The van der Waals surface area contributed by atoms with Gasteiger partial charge in [-0.15, -0.1) is 0 Å². The molecule has 10 atom stereocenters. The number of aliphatic imine (C=N–C) groups is 1. The zero-order valence-corrected chi connectivity index (χ0v) is 41.7. The number of carboxylic acid groups (broad SMARTS) is 1. The smallest absolute Gasteiger partial charge is 0.326 e. The van der Waals surface area contributed by atoms with Crippen LogP contribution in [0.4, 0.5) is 0 Å². The number of amides is 8. The molecule has 5 rings (SSSR count). The summed E-state index contributed by atoms with van der Waals surface area (Å²) in [4.78, 5) is 133. The van der Waals surface area contributed by atoms with Crippen molar-refractivity contribution in [2.75, 3.05) is 32.7 Å². The van der Waals surface area contributed by atoms with E-state index in [1.54, 1.807) is 12.1 Å². The second-order valence-electron chi connectivity index (χ2n) is 19.7. The first kappa shape index (κ1) is 56.4. The van der Waals surface area contributed by atoms with Gasteiger partial charge in [-0.25, -0.2) is 4.79 Å². The van der Waals surface area contributed by atoms with Gasteiger partial charge in [0.05, 0.1) is 12.1 Å². The molecule has 0 aromatic heterocycles. The molecule has 0 bridgehead atoms. The number of carbonyl (C=O) groups is 9. The minimum Gasteiger partial charge on any atom is -0.508 e. The molecule has 4 heterocycles. The Balaban J connectivity index is 1.32. The molecule has 0 spiro atoms. The molecule has 398 valence electrons. The quantitative estimate of drug-likeness (QED) is 0.0333. The maximum Gasteiger partial charge on any atom is 0.326 e. The van der Waals surface area contributed by atoms with Crippen LogP contribution in [0.25, 0.3) is 0 Å². The van der Waals surface area contributed by atoms with Gasteiger partial charge in [-0.3, -0.25) is 43.3 Å². The Labute approximate surface area is 419 Å². The number of aliphatic carboxylic acids is 1. The van der Waals surface area contributed by atoms with E-state index >= 15 is 0 Å². The minimum absolute atomic E-state index is 0.0339. The van der Waals surface area contributed by atoms with E-state index in [4.69, 9.17) is 17.2 Å². The number of phenolic OH excluding ortho intramolecular Hbond substituents is 1. The van der Waals surface area contributed by atoms with Gasteiger partial charge >= 0.3 is 5.97 Å². The maximum absolute atomic E-state index is 14.5. The Morgan fingerprint density at radius 1 is 0.653 bits per heavy atom. The van der Waals surface area contributed by atoms with Gasteiger partial charge in [-0.05, 0) is 108 Å². The summed E-state index contributed by atoms with van der Waals surface area (Å²) in [6, 6.07) is -4.12. The number of aliphatic hydroxyl groups is 1. The van der Waals surface area contributed by atoms with Gasteiger partial charge < -0.3 is 73.4 Å². The molecule has 1 aromatic rings. The minimum atomic E-state index is -1.48. The first-order valence-corrected chi connectivity index (χ1v) is 25.0. The molecule has 24 heteroatoms. The summed E-state index contributed by atoms with van der Waals surface area (Å²) in [5.74, 6) is -6.49. The van der Waals surface area contributed by atoms with Crippen molar-refractivity contribution in [1.82, 2.24) is 40.9 Å². The molecule has 0 radical (unpaired) electrons. The van der Waals surface area contributed by atoms with Crippen LogP contribution >= 0.6 is 0 Å². The van der Waals surface area contributed by atoms with Gasteiger partial charge in [0.1, 0.15) is 54.1 Å². The highest BCUT2D eigenvalue weighted by molar-refractivity contribution is 5.99. The molecule has 4 aliphatic rings. The molecule has 13 N–H and O–H groups in total. The highest BCUT2D eigenvalue weighted by atomic mass is 16.4. The normalized spacial score (nSPS) is 22.3. The van der Waals surface area contributed by atoms with E-state index in [0.717, 1.165) is 4.90 Å². The summed E-state index contributed by atoms with van der Waals surface area (Å²) < 4.78 is 0. The van der Waals surface area contributed by atoms with Crippen LogP contribution in [0.5, 0.6) is 5.75 Å². The number of likely N-dealkylation sites (tertiary alicyclic amines) is 4. The average Bonchev–Trinajstić information content (AvgIpc) is 4.18. The maximum atomic E-state index is 14.5. The van der Waals surface area contributed by atoms with Gasteiger partial charge in [-0.1, -0.05) is 26.0 Å². The molecule has 24 nitrogen and oxygen atoms in total. The van der Waals surface area contributed by atoms with Crippen molar-refractivity contribution in [2.45, 2.75) is 165 Å². The Morgan fingerprint density at radius 2 is 1.15 bits per heavy atom. The van der Waals surface area contributed by atoms with Gasteiger partial charge in [0.2, 0.25) is 47.3 Å². The first-order valence-electron chi connectivity index (χ1n) is 25.0. The number of benzene rings is 1. The van der Waals surface area contributed by atoms with Crippen LogP contribution in [-0.2, 0) is 49.6 Å². The standard InChI is InChI=1S/C48H74N12O12/c1-26(2)24-33(44(68)57-20-6-12-35(57)42(66)56-38(28(4)61)46(70)60-23-9-14-37(60)47(71)72)55-40(64)32(25-29-15-17-30(62)18-16-29)54-41(65)34-11-7-21-58(34)45(69)36-13-8-22-59(36)43(67)31(53-39(63)27(3)49)10-5-19-52-48(50)51/h15-18,26-28,31-38,61-62H,5-14,19-25,49H2,1-4H3,(H,53,63)(H,54,65)(H,55,64)(H,56,66)(H,71,72)(H4,50,51,52)/t27-,28+,31-,32-,33-,34-,35-,36-,37-,38-/m0/s1. The van der Waals surface area contributed by atoms with Crippen molar-refractivity contribution in [2.24, 2.45) is 28.1 Å². The van der Waals surface area contributed by atoms with Crippen LogP contribution < -0.4 is 38.5 Å². The van der Waals surface area contributed by atoms with Gasteiger partial charge in [0.25, 0.3) is 0 Å². The van der Waals surface area contributed by atoms with Crippen molar-refractivity contribution in [1.29, 1.82) is 0 Å². The summed E-state index contributed by atoms with van der Waals surface area (Å²) in [7, 11) is 0. The van der Waals surface area contributed by atoms with E-state index < -0.39 is 114 Å². The van der Waals surface area contributed by atoms with Crippen LogP contribution in [0.1, 0.15) is 104 Å². The van der Waals surface area contributed by atoms with Crippen LogP contribution in [0.15, 0.2) is 29.3 Å². The molecule has 72 heavy (non-hydrogen) atoms. The van der Waals surface area contributed by atoms with Gasteiger partial charge in [0.15, 0.2) is 5.96 Å². The fourth-order valence-electron chi connectivity index (χ4n) is 9.96. The highest BCUT2D eigenvalue weighted by Crippen LogP contribution is 2.28. The molecular weight excluding hydrogens is 937 g/mol. The number of carbonyl (C=O) groups excluding carboxylic acids is 8. The zero-order chi connectivity index (χ0) is 53.0. The lowest BCUT2D eigenvalue weighted by atomic mass is 10.00. The summed E-state index contributed by atoms with van der Waals surface area (Å²) in [5, 5.41) is 41.2. The molecule has 8 amide bonds. The van der Waals surface area contributed by atoms with E-state index in [9.17, 15) is 58.5 Å². The lowest BCUT2D eigenvalue weighted by molar-refractivity contribution is -0.151. The lowest BCUT2D eigenvalue weighted by Crippen LogP contribution is -2.61. The summed E-state index contributed by atoms with van der Waals surface area (Å²) in [6.07, 6.45) is 1.88. The predicted octanol–water partition coefficient (Wildman–Crippen LogP) is -2.25. The number of phenols is 1. The van der Waals surface area contributed by atoms with E-state index in [0.29, 0.717) is 44.1 Å². The third kappa shape index (κ3) is 14.5. The predicted molar refractivity (Wildman–Crippen MR) is 261 cm³/mol. The number of aliphatic hydroxyl groups excluding tert-OH is 1. The largest absolute Gasteiger partial charge is 0.508 e. The van der Waals surface area contributed by atoms with Crippen molar-refractivity contribution >= 4 is 59.2 Å². The summed E-state index contributed by atoms with van der Waals surface area (Å²) in [6.45, 7) is 7.34. The molecular formula is C48H74N12O12. The third-order valence-electron chi connectivity index (χ3n) is 13.7. The van der Waals surface area contributed by atoms with Crippen LogP contribution in [-0.4, -0.2) is 187 Å². The van der Waals surface area contributed by atoms with E-state index in [2.05, 4.69) is 26.3 Å². The Hall–Kier alpha value is -6.56. The highest BCUT2D eigenvalue weighted by Gasteiger charge is 2.46. The number of nitrogens with zero attached hydrogens (tertiary/aromatic N) is 5. The zero-order valence-electron chi connectivity index (χ0n) is 41.7. The van der Waals surface area contributed by atoms with Crippen molar-refractivity contribution in [3.8, 4) is 5.75 Å². The number of hydrogen-bond acceptors (Lipinski definition) is 13. The average molecular weight is 1010 g/mol. The second kappa shape index (κ2) is 25.7. The Morgan fingerprint density at radius 3 is 1.71 bits per heavy atom. The number of hydrogen-bond donors (Lipinski definition) is 10. The second-order valence-corrected chi connectivity index (χ2v) is 19.7. The number of aromatic hydroxyl groups is 1. The molecule has 0 saturated carbocycles. The fourth-order valence-corrected chi connectivity index (χ4v) is 9.96. The van der Waals surface area contributed by atoms with E-state index in [1.807, 2.05) is 13.8 Å². The SMILES string of the molecule is CC(C)C[C@H](NC(=O)[C@H](Cc1ccc(O)cc1)NC(=O)[C@@H]1CCCN1C(=O)[C@@H]1CCCN1C(=O)[C@H](CCCN=C(N)N)NC(=O)[C@H](C)N)C(=O)N1CCC[C@H]1C(=O)N[C@H](C(=O)N1CCC[C@H]1C(=O)O)[C@@H](C)O. The van der Waals surface area contributed by atoms with Crippen molar-refractivity contribution in [3.63, 3.8) is 0 Å². The topological polar surface area (TPSA) is 366 Å². The fraction of sp³-hybridized carbons (Fsp3) is 0.667. The Bertz CT molecular complexity index is 2170. The molecule has 0 aliphatic carbocycles. The van der Waals surface area contributed by atoms with Crippen LogP contribution in [0, 0.1) is 5.92 Å². The molecule has 4 aliphatic heterocycles. The van der Waals surface area contributed by atoms with Crippen LogP contribution in [0.3, 0.4) is 0 Å². The molecule has 4 saturated heterocycles. The third-order valence-corrected chi connectivity index (χ3v) is 13.7. The molecule has 0 unspecified atom stereocenters. The molecule has 4 fully saturated rings. The molecule has 1 aromatic carbocycles. The number of nitrogens with one attached hydrogen (secondary N) is 4. The van der Waals surface area contributed by atoms with Crippen molar-refractivity contribution in [3.05, 3.63) is 29.8 Å². The summed E-state index contributed by atoms with van der Waals surface area (Å²) >= 11 is 0. The Kier molecular flexibility index (Phi) is 20.1. The van der Waals surface area contributed by atoms with Crippen LogP contribution in [0.2, 0.25) is 0 Å². The van der Waals surface area contributed by atoms with Gasteiger partial charge in [0, 0.05) is 39.1 Å². The van der Waals surface area contributed by atoms with Gasteiger partial charge in [-0.2, -0.15) is 0 Å². The monoisotopic (exact) mass is 1010 g/mol. The number of carboxylic acids is 1. The number of rotatable bonds is 22. The lowest BCUT2D eigenvalue weighted by Gasteiger charge is -2.34. The number of nitrogens with two attached hydrogens (primary N) is 3. The first-order chi connectivity index (χ1) is 34.1. The van der Waals surface area contributed by atoms with E-state index in [1.165, 1.54) is 40.7 Å². The van der Waals surface area contributed by atoms with Crippen molar-refractivity contribution < 1.29 is 58.5 Å². The van der Waals surface area contributed by atoms with E-state index in [-0.39, 0.29) is 88.9 Å². The summed E-state index contributed by atoms with van der Waals surface area (Å²) in [5.41, 5.74) is 17.3.